The number of carbonyl (C=O) groups excluding carboxylic acids is 2. The molecule has 0 saturated carbocycles. The van der Waals surface area contributed by atoms with Crippen LogP contribution >= 0.6 is 0 Å². The lowest BCUT2D eigenvalue weighted by atomic mass is 10.1. The Morgan fingerprint density at radius 1 is 1.30 bits per heavy atom. The van der Waals surface area contributed by atoms with Gasteiger partial charge in [-0.15, -0.1) is 0 Å². The maximum atomic E-state index is 11.9. The van der Waals surface area contributed by atoms with Gasteiger partial charge in [-0.2, -0.15) is 0 Å². The highest BCUT2D eigenvalue weighted by Gasteiger charge is 2.11. The predicted octanol–water partition coefficient (Wildman–Crippen LogP) is 1.82. The molecule has 1 amide bonds. The van der Waals surface area contributed by atoms with Gasteiger partial charge in [0.05, 0.1) is 0 Å². The minimum atomic E-state index is -0.142. The SMILES string of the molecule is CC(=O)c1c[nH]c(C(=O)NCCCN2CCCCC2)c1. The van der Waals surface area contributed by atoms with E-state index < -0.39 is 0 Å². The second-order valence-corrected chi connectivity index (χ2v) is 5.37. The number of hydrogen-bond donors (Lipinski definition) is 2. The van der Waals surface area contributed by atoms with Gasteiger partial charge in [0.2, 0.25) is 0 Å². The van der Waals surface area contributed by atoms with Crippen LogP contribution in [-0.2, 0) is 0 Å². The van der Waals surface area contributed by atoms with Crippen LogP contribution in [0.1, 0.15) is 53.5 Å². The first-order valence-electron chi connectivity index (χ1n) is 7.37. The number of aromatic nitrogens is 1. The molecule has 1 aliphatic rings. The number of rotatable bonds is 6. The number of ketones is 1. The standard InChI is InChI=1S/C15H23N3O2/c1-12(19)13-10-14(17-11-13)15(20)16-6-5-9-18-7-3-2-4-8-18/h10-11,17H,2-9H2,1H3,(H,16,20). The van der Waals surface area contributed by atoms with Gasteiger partial charge >= 0.3 is 0 Å². The number of likely N-dealkylation sites (tertiary alicyclic amines) is 1. The Balaban J connectivity index is 1.67. The molecule has 2 rings (SSSR count). The number of H-pyrrole nitrogens is 1. The summed E-state index contributed by atoms with van der Waals surface area (Å²) in [7, 11) is 0. The first kappa shape index (κ1) is 14.8. The van der Waals surface area contributed by atoms with Crippen LogP contribution < -0.4 is 5.32 Å². The van der Waals surface area contributed by atoms with Crippen molar-refractivity contribution in [1.82, 2.24) is 15.2 Å². The first-order valence-corrected chi connectivity index (χ1v) is 7.37. The molecule has 0 spiro atoms. The van der Waals surface area contributed by atoms with Crippen LogP contribution in [-0.4, -0.2) is 47.8 Å². The van der Waals surface area contributed by atoms with Crippen LogP contribution in [0.25, 0.3) is 0 Å². The minimum Gasteiger partial charge on any atom is -0.356 e. The Labute approximate surface area is 119 Å². The maximum absolute atomic E-state index is 11.9. The summed E-state index contributed by atoms with van der Waals surface area (Å²) >= 11 is 0. The third-order valence-corrected chi connectivity index (χ3v) is 3.72. The van der Waals surface area contributed by atoms with Crippen LogP contribution in [0.5, 0.6) is 0 Å². The second kappa shape index (κ2) is 7.24. The van der Waals surface area contributed by atoms with Crippen molar-refractivity contribution < 1.29 is 9.59 Å². The number of amides is 1. The number of piperidine rings is 1. The highest BCUT2D eigenvalue weighted by molar-refractivity contribution is 5.99. The molecule has 2 N–H and O–H groups in total. The van der Waals surface area contributed by atoms with Crippen molar-refractivity contribution in [2.24, 2.45) is 0 Å². The van der Waals surface area contributed by atoms with Crippen LogP contribution in [0.3, 0.4) is 0 Å². The van der Waals surface area contributed by atoms with E-state index in [-0.39, 0.29) is 11.7 Å². The van der Waals surface area contributed by atoms with Gasteiger partial charge in [0.15, 0.2) is 5.78 Å². The number of nitrogens with zero attached hydrogens (tertiary/aromatic N) is 1. The van der Waals surface area contributed by atoms with Crippen LogP contribution in [0.4, 0.5) is 0 Å². The molecule has 1 aromatic heterocycles. The topological polar surface area (TPSA) is 65.2 Å². The van der Waals surface area contributed by atoms with Gasteiger partial charge in [-0.3, -0.25) is 9.59 Å². The molecule has 5 heteroatoms. The fraction of sp³-hybridized carbons (Fsp3) is 0.600. The third kappa shape index (κ3) is 4.20. The third-order valence-electron chi connectivity index (χ3n) is 3.72. The summed E-state index contributed by atoms with van der Waals surface area (Å²) < 4.78 is 0. The summed E-state index contributed by atoms with van der Waals surface area (Å²) in [4.78, 5) is 28.3. The molecule has 0 bridgehead atoms. The van der Waals surface area contributed by atoms with Gasteiger partial charge in [-0.05, 0) is 51.9 Å². The lowest BCUT2D eigenvalue weighted by Gasteiger charge is -2.26. The van der Waals surface area contributed by atoms with Crippen LogP contribution in [0.2, 0.25) is 0 Å². The molecular weight excluding hydrogens is 254 g/mol. The molecule has 5 nitrogen and oxygen atoms in total. The number of nitrogens with one attached hydrogen (secondary N) is 2. The summed E-state index contributed by atoms with van der Waals surface area (Å²) in [6.07, 6.45) is 6.47. The lowest BCUT2D eigenvalue weighted by molar-refractivity contribution is 0.0946. The lowest BCUT2D eigenvalue weighted by Crippen LogP contribution is -2.33. The monoisotopic (exact) mass is 277 g/mol. The molecule has 1 aliphatic heterocycles. The molecule has 20 heavy (non-hydrogen) atoms. The Kier molecular flexibility index (Phi) is 5.35. The number of carbonyl (C=O) groups is 2. The molecule has 110 valence electrons. The van der Waals surface area contributed by atoms with E-state index in [1.165, 1.54) is 39.3 Å². The van der Waals surface area contributed by atoms with Crippen molar-refractivity contribution in [3.05, 3.63) is 23.5 Å². The van der Waals surface area contributed by atoms with E-state index in [2.05, 4.69) is 15.2 Å². The van der Waals surface area contributed by atoms with Gasteiger partial charge in [0.25, 0.3) is 5.91 Å². The Bertz CT molecular complexity index is 461. The van der Waals surface area contributed by atoms with Crippen LogP contribution in [0, 0.1) is 0 Å². The molecule has 2 heterocycles. The van der Waals surface area contributed by atoms with Gasteiger partial charge in [0.1, 0.15) is 5.69 Å². The van der Waals surface area contributed by atoms with Gasteiger partial charge < -0.3 is 15.2 Å². The maximum Gasteiger partial charge on any atom is 0.267 e. The van der Waals surface area contributed by atoms with E-state index in [9.17, 15) is 9.59 Å². The molecule has 0 radical (unpaired) electrons. The Morgan fingerprint density at radius 3 is 2.70 bits per heavy atom. The fourth-order valence-electron chi connectivity index (χ4n) is 2.51. The zero-order valence-corrected chi connectivity index (χ0v) is 12.1. The van der Waals surface area contributed by atoms with E-state index in [4.69, 9.17) is 0 Å². The van der Waals surface area contributed by atoms with Crippen LogP contribution in [0.15, 0.2) is 12.3 Å². The van der Waals surface area contributed by atoms with Gasteiger partial charge in [-0.25, -0.2) is 0 Å². The fourth-order valence-corrected chi connectivity index (χ4v) is 2.51. The van der Waals surface area contributed by atoms with E-state index >= 15 is 0 Å². The molecule has 1 saturated heterocycles. The van der Waals surface area contributed by atoms with E-state index in [0.717, 1.165) is 13.0 Å². The number of aromatic amines is 1. The molecule has 0 aliphatic carbocycles. The summed E-state index contributed by atoms with van der Waals surface area (Å²) in [5.41, 5.74) is 0.997. The largest absolute Gasteiger partial charge is 0.356 e. The predicted molar refractivity (Wildman–Crippen MR) is 78.0 cm³/mol. The number of Topliss-reactive ketones (excluding diaryl/α,β-unsaturated/α-hetero) is 1. The molecule has 1 aromatic rings. The molecular formula is C15H23N3O2. The zero-order valence-electron chi connectivity index (χ0n) is 12.1. The average Bonchev–Trinajstić information content (AvgIpc) is 2.94. The van der Waals surface area contributed by atoms with Gasteiger partial charge in [0, 0.05) is 18.3 Å². The smallest absolute Gasteiger partial charge is 0.267 e. The zero-order chi connectivity index (χ0) is 14.4. The van der Waals surface area contributed by atoms with E-state index in [1.807, 2.05) is 0 Å². The second-order valence-electron chi connectivity index (χ2n) is 5.37. The van der Waals surface area contributed by atoms with Crippen molar-refractivity contribution in [2.45, 2.75) is 32.6 Å². The van der Waals surface area contributed by atoms with Crippen molar-refractivity contribution >= 4 is 11.7 Å². The Morgan fingerprint density at radius 2 is 2.05 bits per heavy atom. The summed E-state index contributed by atoms with van der Waals surface area (Å²) in [5, 5.41) is 2.88. The Hall–Kier alpha value is -1.62. The first-order chi connectivity index (χ1) is 9.66. The normalized spacial score (nSPS) is 16.1. The molecule has 0 unspecified atom stereocenters. The average molecular weight is 277 g/mol. The summed E-state index contributed by atoms with van der Waals surface area (Å²) in [6, 6.07) is 1.60. The minimum absolute atomic E-state index is 0.0367. The molecule has 0 atom stereocenters. The van der Waals surface area contributed by atoms with Crippen molar-refractivity contribution in [3.8, 4) is 0 Å². The summed E-state index contributed by atoms with van der Waals surface area (Å²) in [6.45, 7) is 5.58. The highest BCUT2D eigenvalue weighted by Crippen LogP contribution is 2.08. The highest BCUT2D eigenvalue weighted by atomic mass is 16.2. The van der Waals surface area contributed by atoms with E-state index in [1.54, 1.807) is 12.3 Å². The van der Waals surface area contributed by atoms with E-state index in [0.29, 0.717) is 17.8 Å². The van der Waals surface area contributed by atoms with Gasteiger partial charge in [-0.1, -0.05) is 6.42 Å². The molecule has 0 aromatic carbocycles. The summed E-state index contributed by atoms with van der Waals surface area (Å²) in [5.74, 6) is -0.179. The number of hydrogen-bond acceptors (Lipinski definition) is 3. The quantitative estimate of drug-likeness (QED) is 0.616. The van der Waals surface area contributed by atoms with Crippen molar-refractivity contribution in [3.63, 3.8) is 0 Å². The molecule has 1 fully saturated rings. The van der Waals surface area contributed by atoms with Crippen molar-refractivity contribution in [1.29, 1.82) is 0 Å². The van der Waals surface area contributed by atoms with Crippen molar-refractivity contribution in [2.75, 3.05) is 26.2 Å².